The zero-order chi connectivity index (χ0) is 10.3. The van der Waals surface area contributed by atoms with E-state index < -0.39 is 0 Å². The summed E-state index contributed by atoms with van der Waals surface area (Å²) in [5.74, 6) is 1.06. The van der Waals surface area contributed by atoms with Gasteiger partial charge in [-0.05, 0) is 18.8 Å². The van der Waals surface area contributed by atoms with Gasteiger partial charge in [-0.15, -0.1) is 11.3 Å². The fourth-order valence-electron chi connectivity index (χ4n) is 1.55. The summed E-state index contributed by atoms with van der Waals surface area (Å²) >= 11 is 1.47. The van der Waals surface area contributed by atoms with E-state index in [1.165, 1.54) is 11.3 Å². The predicted molar refractivity (Wildman–Crippen MR) is 57.9 cm³/mol. The lowest BCUT2D eigenvalue weighted by atomic mass is 10.2. The fraction of sp³-hybridized carbons (Fsp3) is 0.300. The van der Waals surface area contributed by atoms with Crippen LogP contribution in [0.2, 0.25) is 0 Å². The van der Waals surface area contributed by atoms with Gasteiger partial charge in [0.05, 0.1) is 10.4 Å². The maximum Gasteiger partial charge on any atom is 0.254 e. The van der Waals surface area contributed by atoms with Gasteiger partial charge in [0.15, 0.2) is 5.82 Å². The predicted octanol–water partition coefficient (Wildman–Crippen LogP) is 1.77. The average Bonchev–Trinajstić information content (AvgIpc) is 2.93. The van der Waals surface area contributed by atoms with E-state index in [4.69, 9.17) is 0 Å². The molecule has 2 aromatic heterocycles. The van der Waals surface area contributed by atoms with Crippen molar-refractivity contribution in [2.24, 2.45) is 0 Å². The molecular weight excluding hydrogens is 210 g/mol. The molecule has 2 heterocycles. The Hall–Kier alpha value is -1.49. The van der Waals surface area contributed by atoms with Crippen LogP contribution in [0.4, 0.5) is 0 Å². The highest BCUT2D eigenvalue weighted by Gasteiger charge is 2.26. The number of thiazole rings is 1. The van der Waals surface area contributed by atoms with Crippen LogP contribution >= 0.6 is 11.3 Å². The van der Waals surface area contributed by atoms with Gasteiger partial charge in [-0.1, -0.05) is 0 Å². The highest BCUT2D eigenvalue weighted by Crippen LogP contribution is 2.37. The van der Waals surface area contributed by atoms with E-state index in [1.807, 2.05) is 0 Å². The molecule has 1 aliphatic rings. The monoisotopic (exact) mass is 219 g/mol. The highest BCUT2D eigenvalue weighted by atomic mass is 32.1. The molecule has 0 atom stereocenters. The third-order valence-corrected chi connectivity index (χ3v) is 3.29. The van der Waals surface area contributed by atoms with Crippen molar-refractivity contribution in [2.45, 2.75) is 18.8 Å². The Labute approximate surface area is 90.0 Å². The van der Waals surface area contributed by atoms with E-state index in [-0.39, 0.29) is 5.56 Å². The van der Waals surface area contributed by atoms with E-state index >= 15 is 0 Å². The molecule has 76 valence electrons. The molecule has 3 rings (SSSR count). The van der Waals surface area contributed by atoms with E-state index in [1.54, 1.807) is 17.9 Å². The minimum Gasteiger partial charge on any atom is -0.306 e. The summed E-state index contributed by atoms with van der Waals surface area (Å²) in [7, 11) is 0. The van der Waals surface area contributed by atoms with Crippen LogP contribution in [0.3, 0.4) is 0 Å². The van der Waals surface area contributed by atoms with Crippen molar-refractivity contribution in [1.29, 1.82) is 0 Å². The lowest BCUT2D eigenvalue weighted by Crippen LogP contribution is -2.13. The molecule has 0 aliphatic heterocycles. The summed E-state index contributed by atoms with van der Waals surface area (Å²) in [5, 5.41) is 0. The first kappa shape index (κ1) is 8.79. The Morgan fingerprint density at radius 2 is 2.27 bits per heavy atom. The molecule has 0 unspecified atom stereocenters. The third-order valence-electron chi connectivity index (χ3n) is 2.51. The summed E-state index contributed by atoms with van der Waals surface area (Å²) in [6, 6.07) is 0. The molecule has 0 spiro atoms. The normalized spacial score (nSPS) is 15.5. The molecule has 1 N–H and O–H groups in total. The molecule has 1 saturated carbocycles. The number of rotatable bonds is 2. The number of aromatic amines is 1. The van der Waals surface area contributed by atoms with Gasteiger partial charge in [0, 0.05) is 18.0 Å². The van der Waals surface area contributed by atoms with Gasteiger partial charge in [-0.25, -0.2) is 4.98 Å². The Morgan fingerprint density at radius 3 is 2.87 bits per heavy atom. The number of H-pyrrole nitrogens is 1. The van der Waals surface area contributed by atoms with Gasteiger partial charge in [0.25, 0.3) is 5.56 Å². The number of hydrogen-bond acceptors (Lipinski definition) is 4. The molecule has 1 fully saturated rings. The average molecular weight is 219 g/mol. The largest absolute Gasteiger partial charge is 0.306 e. The second-order valence-corrected chi connectivity index (χ2v) is 4.54. The maximum absolute atomic E-state index is 11.7. The van der Waals surface area contributed by atoms with E-state index in [0.29, 0.717) is 11.7 Å². The standard InChI is InChI=1S/C10H9N3OS/c14-10-7(6-1-2-6)3-12-9(13-10)8-4-11-5-15-8/h3-6H,1-2H2,(H,12,13,14). The quantitative estimate of drug-likeness (QED) is 0.837. The lowest BCUT2D eigenvalue weighted by Gasteiger charge is -1.98. The highest BCUT2D eigenvalue weighted by molar-refractivity contribution is 7.13. The second kappa shape index (κ2) is 3.27. The van der Waals surface area contributed by atoms with Crippen LogP contribution in [0.5, 0.6) is 0 Å². The summed E-state index contributed by atoms with van der Waals surface area (Å²) < 4.78 is 0. The van der Waals surface area contributed by atoms with Gasteiger partial charge in [-0.2, -0.15) is 0 Å². The molecule has 0 bridgehead atoms. The second-order valence-electron chi connectivity index (χ2n) is 3.66. The van der Waals surface area contributed by atoms with Gasteiger partial charge < -0.3 is 4.98 Å². The number of hydrogen-bond donors (Lipinski definition) is 1. The zero-order valence-electron chi connectivity index (χ0n) is 7.93. The molecule has 0 aromatic carbocycles. The Kier molecular flexibility index (Phi) is 1.92. The lowest BCUT2D eigenvalue weighted by molar-refractivity contribution is 1.00. The third kappa shape index (κ3) is 1.59. The van der Waals surface area contributed by atoms with Crippen molar-refractivity contribution in [3.8, 4) is 10.7 Å². The topological polar surface area (TPSA) is 58.6 Å². The first-order valence-corrected chi connectivity index (χ1v) is 5.70. The Balaban J connectivity index is 2.05. The molecule has 4 nitrogen and oxygen atoms in total. The first-order chi connectivity index (χ1) is 7.34. The summed E-state index contributed by atoms with van der Waals surface area (Å²) in [6.45, 7) is 0. The summed E-state index contributed by atoms with van der Waals surface area (Å²) in [6.07, 6.45) is 5.64. The molecule has 5 heteroatoms. The Bertz CT molecular complexity index is 528. The SMILES string of the molecule is O=c1[nH]c(-c2cncs2)ncc1C1CC1. The van der Waals surface area contributed by atoms with Crippen molar-refractivity contribution >= 4 is 11.3 Å². The van der Waals surface area contributed by atoms with Crippen molar-refractivity contribution < 1.29 is 0 Å². The molecule has 0 radical (unpaired) electrons. The molecular formula is C10H9N3OS. The van der Waals surface area contributed by atoms with Gasteiger partial charge in [0.2, 0.25) is 0 Å². The van der Waals surface area contributed by atoms with Crippen LogP contribution < -0.4 is 5.56 Å². The molecule has 15 heavy (non-hydrogen) atoms. The zero-order valence-corrected chi connectivity index (χ0v) is 8.75. The van der Waals surface area contributed by atoms with Gasteiger partial charge >= 0.3 is 0 Å². The fourth-order valence-corrected chi connectivity index (χ4v) is 2.12. The van der Waals surface area contributed by atoms with Crippen LogP contribution in [0.25, 0.3) is 10.7 Å². The van der Waals surface area contributed by atoms with Crippen molar-refractivity contribution in [3.63, 3.8) is 0 Å². The van der Waals surface area contributed by atoms with Crippen LogP contribution in [0.15, 0.2) is 22.7 Å². The number of aromatic nitrogens is 3. The first-order valence-electron chi connectivity index (χ1n) is 4.82. The van der Waals surface area contributed by atoms with E-state index in [2.05, 4.69) is 15.0 Å². The molecule has 1 aliphatic carbocycles. The van der Waals surface area contributed by atoms with Gasteiger partial charge in [-0.3, -0.25) is 9.78 Å². The van der Waals surface area contributed by atoms with E-state index in [0.717, 1.165) is 23.3 Å². The van der Waals surface area contributed by atoms with Crippen molar-refractivity contribution in [1.82, 2.24) is 15.0 Å². The minimum atomic E-state index is -0.00380. The van der Waals surface area contributed by atoms with Crippen LogP contribution in [0, 0.1) is 0 Å². The summed E-state index contributed by atoms with van der Waals surface area (Å²) in [4.78, 5) is 23.6. The van der Waals surface area contributed by atoms with Crippen molar-refractivity contribution in [3.05, 3.63) is 33.8 Å². The van der Waals surface area contributed by atoms with E-state index in [9.17, 15) is 4.79 Å². The number of nitrogens with zero attached hydrogens (tertiary/aromatic N) is 2. The number of nitrogens with one attached hydrogen (secondary N) is 1. The summed E-state index contributed by atoms with van der Waals surface area (Å²) in [5.41, 5.74) is 2.54. The minimum absolute atomic E-state index is 0.00380. The van der Waals surface area contributed by atoms with Crippen LogP contribution in [0.1, 0.15) is 24.3 Å². The Morgan fingerprint density at radius 1 is 1.40 bits per heavy atom. The van der Waals surface area contributed by atoms with Crippen molar-refractivity contribution in [2.75, 3.05) is 0 Å². The molecule has 0 amide bonds. The van der Waals surface area contributed by atoms with Gasteiger partial charge in [0.1, 0.15) is 0 Å². The maximum atomic E-state index is 11.7. The molecule has 2 aromatic rings. The van der Waals surface area contributed by atoms with Crippen LogP contribution in [-0.4, -0.2) is 15.0 Å². The van der Waals surface area contributed by atoms with Crippen LogP contribution in [-0.2, 0) is 0 Å². The molecule has 0 saturated heterocycles. The smallest absolute Gasteiger partial charge is 0.254 e.